The first-order valence-electron chi connectivity index (χ1n) is 8.92. The van der Waals surface area contributed by atoms with Crippen LogP contribution >= 0.6 is 11.8 Å². The molecule has 1 amide bonds. The predicted molar refractivity (Wildman–Crippen MR) is 107 cm³/mol. The molecule has 0 aliphatic carbocycles. The molecule has 4 rings (SSSR count). The molecule has 0 bridgehead atoms. The summed E-state index contributed by atoms with van der Waals surface area (Å²) in [5.74, 6) is 1.73. The second kappa shape index (κ2) is 8.31. The van der Waals surface area contributed by atoms with Gasteiger partial charge in [0.2, 0.25) is 18.2 Å². The van der Waals surface area contributed by atoms with Crippen LogP contribution in [0.4, 0.5) is 5.69 Å². The second-order valence-corrected chi connectivity index (χ2v) is 7.08. The van der Waals surface area contributed by atoms with Gasteiger partial charge in [0.15, 0.2) is 16.7 Å². The molecule has 1 aromatic carbocycles. The van der Waals surface area contributed by atoms with E-state index in [-0.39, 0.29) is 11.7 Å². The lowest BCUT2D eigenvalue weighted by Crippen LogP contribution is -2.15. The van der Waals surface area contributed by atoms with Crippen LogP contribution in [0.1, 0.15) is 12.5 Å². The van der Waals surface area contributed by atoms with Crippen molar-refractivity contribution in [3.05, 3.63) is 48.6 Å². The number of furan rings is 1. The van der Waals surface area contributed by atoms with Crippen molar-refractivity contribution in [1.29, 1.82) is 0 Å². The summed E-state index contributed by atoms with van der Waals surface area (Å²) in [6.45, 7) is 4.58. The number of benzene rings is 1. The molecule has 4 aromatic rings. The molecule has 0 radical (unpaired) electrons. The van der Waals surface area contributed by atoms with E-state index in [9.17, 15) is 4.79 Å². The highest BCUT2D eigenvalue weighted by atomic mass is 32.2. The number of hydrogen-bond acceptors (Lipinski definition) is 8. The van der Waals surface area contributed by atoms with E-state index in [2.05, 4.69) is 25.7 Å². The van der Waals surface area contributed by atoms with E-state index in [0.29, 0.717) is 34.9 Å². The van der Waals surface area contributed by atoms with Gasteiger partial charge >= 0.3 is 0 Å². The lowest BCUT2D eigenvalue weighted by atomic mass is 10.1. The maximum absolute atomic E-state index is 12.5. The summed E-state index contributed by atoms with van der Waals surface area (Å²) >= 11 is 1.32. The number of anilines is 1. The van der Waals surface area contributed by atoms with Crippen molar-refractivity contribution in [3.8, 4) is 23.0 Å². The van der Waals surface area contributed by atoms with Gasteiger partial charge in [0, 0.05) is 17.8 Å². The Bertz CT molecular complexity index is 1110. The van der Waals surface area contributed by atoms with Crippen LogP contribution in [-0.4, -0.2) is 36.6 Å². The molecule has 29 heavy (non-hydrogen) atoms. The molecule has 0 spiro atoms. The zero-order chi connectivity index (χ0) is 20.2. The Morgan fingerprint density at radius 1 is 1.21 bits per heavy atom. The predicted octanol–water partition coefficient (Wildman–Crippen LogP) is 3.65. The van der Waals surface area contributed by atoms with Crippen molar-refractivity contribution >= 4 is 23.4 Å². The van der Waals surface area contributed by atoms with Crippen molar-refractivity contribution in [2.45, 2.75) is 25.5 Å². The summed E-state index contributed by atoms with van der Waals surface area (Å²) in [6.07, 6.45) is 2.86. The van der Waals surface area contributed by atoms with Gasteiger partial charge in [-0.1, -0.05) is 17.8 Å². The third kappa shape index (κ3) is 4.06. The average Bonchev–Trinajstić information content (AvgIpc) is 3.48. The third-order valence-electron chi connectivity index (χ3n) is 4.23. The molecule has 1 N–H and O–H groups in total. The smallest absolute Gasteiger partial charge is 0.247 e. The lowest BCUT2D eigenvalue weighted by molar-refractivity contribution is -0.113. The van der Waals surface area contributed by atoms with E-state index in [1.54, 1.807) is 12.3 Å². The summed E-state index contributed by atoms with van der Waals surface area (Å²) in [5, 5.41) is 19.5. The van der Waals surface area contributed by atoms with Gasteiger partial charge in [-0.25, -0.2) is 0 Å². The number of carbonyl (C=O) groups excluding carboxylic acids is 1. The zero-order valence-electron chi connectivity index (χ0n) is 15.8. The van der Waals surface area contributed by atoms with E-state index in [1.165, 1.54) is 18.2 Å². The molecule has 0 fully saturated rings. The molecule has 148 valence electrons. The fourth-order valence-electron chi connectivity index (χ4n) is 2.77. The number of aromatic nitrogens is 5. The van der Waals surface area contributed by atoms with Crippen LogP contribution < -0.4 is 5.32 Å². The topological polar surface area (TPSA) is 112 Å². The van der Waals surface area contributed by atoms with Crippen LogP contribution in [0.2, 0.25) is 0 Å². The van der Waals surface area contributed by atoms with Gasteiger partial charge in [-0.3, -0.25) is 9.36 Å². The minimum Gasteiger partial charge on any atom is -0.461 e. The quantitative estimate of drug-likeness (QED) is 0.460. The third-order valence-corrected chi connectivity index (χ3v) is 5.19. The first-order chi connectivity index (χ1) is 14.2. The summed E-state index contributed by atoms with van der Waals surface area (Å²) in [4.78, 5) is 12.5. The van der Waals surface area contributed by atoms with Crippen molar-refractivity contribution < 1.29 is 13.6 Å². The van der Waals surface area contributed by atoms with Gasteiger partial charge in [-0.05, 0) is 43.7 Å². The summed E-state index contributed by atoms with van der Waals surface area (Å²) in [7, 11) is 0. The molecular weight excluding hydrogens is 392 g/mol. The van der Waals surface area contributed by atoms with Gasteiger partial charge in [0.05, 0.1) is 12.0 Å². The van der Waals surface area contributed by atoms with E-state index >= 15 is 0 Å². The highest BCUT2D eigenvalue weighted by molar-refractivity contribution is 7.99. The van der Waals surface area contributed by atoms with E-state index < -0.39 is 0 Å². The second-order valence-electron chi connectivity index (χ2n) is 6.14. The van der Waals surface area contributed by atoms with Gasteiger partial charge < -0.3 is 14.2 Å². The fraction of sp³-hybridized carbons (Fsp3) is 0.211. The molecule has 3 heterocycles. The number of amides is 1. The summed E-state index contributed by atoms with van der Waals surface area (Å²) < 4.78 is 12.5. The van der Waals surface area contributed by atoms with Gasteiger partial charge in [-0.15, -0.1) is 20.4 Å². The van der Waals surface area contributed by atoms with Crippen LogP contribution in [0.15, 0.2) is 57.0 Å². The molecule has 10 heteroatoms. The summed E-state index contributed by atoms with van der Waals surface area (Å²) in [6, 6.07) is 9.21. The number of carbonyl (C=O) groups is 1. The SMILES string of the molecule is CCn1c(SCC(=O)Nc2cc(-c3nnco3)ccc2C)nnc1-c1ccco1. The first-order valence-corrected chi connectivity index (χ1v) is 9.91. The van der Waals surface area contributed by atoms with Gasteiger partial charge in [-0.2, -0.15) is 0 Å². The lowest BCUT2D eigenvalue weighted by Gasteiger charge is -2.10. The van der Waals surface area contributed by atoms with Crippen molar-refractivity contribution in [2.24, 2.45) is 0 Å². The molecule has 3 aromatic heterocycles. The number of aryl methyl sites for hydroxylation is 1. The van der Waals surface area contributed by atoms with Crippen LogP contribution in [0.5, 0.6) is 0 Å². The number of thioether (sulfide) groups is 1. The maximum atomic E-state index is 12.5. The molecule has 0 saturated carbocycles. The van der Waals surface area contributed by atoms with Crippen LogP contribution in [0.25, 0.3) is 23.0 Å². The molecule has 0 unspecified atom stereocenters. The highest BCUT2D eigenvalue weighted by Crippen LogP contribution is 2.26. The Balaban J connectivity index is 1.44. The standard InChI is InChI=1S/C19H18N6O3S/c1-3-25-17(15-5-4-8-27-15)22-24-19(25)29-10-16(26)21-14-9-13(7-6-12(14)2)18-23-20-11-28-18/h4-9,11H,3,10H2,1-2H3,(H,21,26). The molecular formula is C19H18N6O3S. The Labute approximate surface area is 170 Å². The fourth-order valence-corrected chi connectivity index (χ4v) is 3.58. The van der Waals surface area contributed by atoms with E-state index in [4.69, 9.17) is 8.83 Å². The molecule has 0 atom stereocenters. The van der Waals surface area contributed by atoms with Crippen molar-refractivity contribution in [2.75, 3.05) is 11.1 Å². The number of rotatable bonds is 7. The minimum absolute atomic E-state index is 0.147. The van der Waals surface area contributed by atoms with Gasteiger partial charge in [0.1, 0.15) is 0 Å². The van der Waals surface area contributed by atoms with Crippen molar-refractivity contribution in [1.82, 2.24) is 25.0 Å². The van der Waals surface area contributed by atoms with Crippen LogP contribution in [0.3, 0.4) is 0 Å². The normalized spacial score (nSPS) is 11.0. The van der Waals surface area contributed by atoms with E-state index in [0.717, 1.165) is 11.1 Å². The molecule has 9 nitrogen and oxygen atoms in total. The number of nitrogens with one attached hydrogen (secondary N) is 1. The first kappa shape index (κ1) is 18.9. The Morgan fingerprint density at radius 2 is 2.10 bits per heavy atom. The maximum Gasteiger partial charge on any atom is 0.247 e. The number of hydrogen-bond donors (Lipinski definition) is 1. The Morgan fingerprint density at radius 3 is 2.83 bits per heavy atom. The van der Waals surface area contributed by atoms with Crippen LogP contribution in [0, 0.1) is 6.92 Å². The van der Waals surface area contributed by atoms with Crippen LogP contribution in [-0.2, 0) is 11.3 Å². The monoisotopic (exact) mass is 410 g/mol. The highest BCUT2D eigenvalue weighted by Gasteiger charge is 2.17. The molecule has 0 aliphatic rings. The van der Waals surface area contributed by atoms with Crippen molar-refractivity contribution in [3.63, 3.8) is 0 Å². The van der Waals surface area contributed by atoms with E-state index in [1.807, 2.05) is 42.7 Å². The number of nitrogens with zero attached hydrogens (tertiary/aromatic N) is 5. The zero-order valence-corrected chi connectivity index (χ0v) is 16.6. The average molecular weight is 410 g/mol. The molecule has 0 saturated heterocycles. The van der Waals surface area contributed by atoms with Gasteiger partial charge in [0.25, 0.3) is 0 Å². The summed E-state index contributed by atoms with van der Waals surface area (Å²) in [5.41, 5.74) is 2.37. The Kier molecular flexibility index (Phi) is 5.43. The molecule has 0 aliphatic heterocycles. The largest absolute Gasteiger partial charge is 0.461 e. The minimum atomic E-state index is -0.147. The Hall–Kier alpha value is -3.40.